The molecule has 3 aliphatic carbocycles. The Morgan fingerprint density at radius 2 is 0.889 bits per heavy atom. The molecule has 3 rings (SSSR count). The van der Waals surface area contributed by atoms with Gasteiger partial charge in [-0.25, -0.2) is 0 Å². The zero-order valence-electron chi connectivity index (χ0n) is 10.8. The van der Waals surface area contributed by atoms with Crippen LogP contribution in [0.15, 0.2) is 0 Å². The molecule has 0 nitrogen and oxygen atoms in total. The topological polar surface area (TPSA) is 0 Å². The molecule has 0 atom stereocenters. The Labute approximate surface area is 131 Å². The molecular weight excluding hydrogens is 275 g/mol. The minimum absolute atomic E-state index is 0.796. The molecule has 10 radical (unpaired) electrons. The maximum absolute atomic E-state index is 4.64. The van der Waals surface area contributed by atoms with Gasteiger partial charge >= 0.3 is 28.7 Å². The maximum atomic E-state index is 4.64. The SMILES string of the molecule is [CH2-]C1CCCC1.[CH]1[CH][CH][CH][CH]1.[CH]1[CH][CH][CH][CH]1.[Cl][Ti+]. The van der Waals surface area contributed by atoms with Crippen LogP contribution in [0.4, 0.5) is 0 Å². The van der Waals surface area contributed by atoms with Gasteiger partial charge in [0.05, 0.1) is 0 Å². The van der Waals surface area contributed by atoms with Crippen LogP contribution < -0.4 is 0 Å². The Balaban J connectivity index is 0.000000226. The van der Waals surface area contributed by atoms with Gasteiger partial charge in [0.1, 0.15) is 0 Å². The summed E-state index contributed by atoms with van der Waals surface area (Å²) in [5.41, 5.74) is 0. The molecule has 0 amide bonds. The van der Waals surface area contributed by atoms with Gasteiger partial charge in [-0.3, -0.25) is 0 Å². The zero-order chi connectivity index (χ0) is 13.5. The summed E-state index contributed by atoms with van der Waals surface area (Å²) in [6.45, 7) is 3.94. The van der Waals surface area contributed by atoms with Gasteiger partial charge in [0.2, 0.25) is 0 Å². The van der Waals surface area contributed by atoms with E-state index in [0.29, 0.717) is 0 Å². The van der Waals surface area contributed by atoms with Gasteiger partial charge in [-0.1, -0.05) is 25.7 Å². The molecule has 3 fully saturated rings. The number of hydrogen-bond donors (Lipinski definition) is 0. The van der Waals surface area contributed by atoms with Crippen molar-refractivity contribution in [3.8, 4) is 0 Å². The summed E-state index contributed by atoms with van der Waals surface area (Å²) in [5.74, 6) is 0.796. The quantitative estimate of drug-likeness (QED) is 0.447. The van der Waals surface area contributed by atoms with Crippen LogP contribution in [0, 0.1) is 77.0 Å². The van der Waals surface area contributed by atoms with Gasteiger partial charge in [-0.15, -0.1) is 0 Å². The Morgan fingerprint density at radius 1 is 0.667 bits per heavy atom. The molecule has 0 N–H and O–H groups in total. The molecule has 0 unspecified atom stereocenters. The van der Waals surface area contributed by atoms with Crippen LogP contribution >= 0.6 is 9.30 Å². The Kier molecular flexibility index (Phi) is 17.0. The van der Waals surface area contributed by atoms with Crippen molar-refractivity contribution in [3.05, 3.63) is 71.1 Å². The molecule has 0 spiro atoms. The summed E-state index contributed by atoms with van der Waals surface area (Å²) >= 11 is 1.47. The fraction of sp³-hybridized carbons (Fsp3) is 0.312. The predicted octanol–water partition coefficient (Wildman–Crippen LogP) is 4.74. The molecule has 96 valence electrons. The van der Waals surface area contributed by atoms with Crippen LogP contribution in [0.2, 0.25) is 0 Å². The van der Waals surface area contributed by atoms with Crippen molar-refractivity contribution in [1.29, 1.82) is 0 Å². The first-order valence-electron chi connectivity index (χ1n) is 6.25. The summed E-state index contributed by atoms with van der Waals surface area (Å²) in [7, 11) is 4.64. The molecule has 0 bridgehead atoms. The van der Waals surface area contributed by atoms with Crippen molar-refractivity contribution in [2.45, 2.75) is 25.7 Å². The normalized spacial score (nSPS) is 22.1. The molecule has 0 saturated heterocycles. The van der Waals surface area contributed by atoms with Gasteiger partial charge in [-0.05, 0) is 64.2 Å². The Morgan fingerprint density at radius 3 is 1.00 bits per heavy atom. The van der Waals surface area contributed by atoms with E-state index in [9.17, 15) is 0 Å². The minimum atomic E-state index is 0.796. The van der Waals surface area contributed by atoms with E-state index >= 15 is 0 Å². The zero-order valence-corrected chi connectivity index (χ0v) is 13.1. The van der Waals surface area contributed by atoms with Crippen LogP contribution in [-0.4, -0.2) is 0 Å². The monoisotopic (exact) mass is 296 g/mol. The van der Waals surface area contributed by atoms with Crippen molar-refractivity contribution < 1.29 is 19.4 Å². The van der Waals surface area contributed by atoms with Gasteiger partial charge in [0.25, 0.3) is 0 Å². The Hall–Kier alpha value is 1.00. The molecule has 0 aliphatic heterocycles. The van der Waals surface area contributed by atoms with Gasteiger partial charge in [0.15, 0.2) is 0 Å². The fourth-order valence-electron chi connectivity index (χ4n) is 1.65. The van der Waals surface area contributed by atoms with E-state index in [1.807, 2.05) is 64.2 Å². The predicted molar refractivity (Wildman–Crippen MR) is 76.2 cm³/mol. The molecule has 0 aromatic rings. The molecular formula is C16H21ClTi. The van der Waals surface area contributed by atoms with E-state index in [1.54, 1.807) is 0 Å². The first-order valence-corrected chi connectivity index (χ1v) is 8.40. The van der Waals surface area contributed by atoms with Gasteiger partial charge in [0, 0.05) is 0 Å². The third kappa shape index (κ3) is 13.4. The van der Waals surface area contributed by atoms with E-state index in [-0.39, 0.29) is 0 Å². The Bertz CT molecular complexity index is 111. The molecule has 3 saturated carbocycles. The average Bonchev–Trinajstić information content (AvgIpc) is 3.19. The summed E-state index contributed by atoms with van der Waals surface area (Å²) in [4.78, 5) is 0. The molecule has 18 heavy (non-hydrogen) atoms. The van der Waals surface area contributed by atoms with Gasteiger partial charge in [-0.2, -0.15) is 5.92 Å². The fourth-order valence-corrected chi connectivity index (χ4v) is 1.65. The molecule has 0 aromatic carbocycles. The number of halogens is 1. The average molecular weight is 297 g/mol. The van der Waals surface area contributed by atoms with Crippen molar-refractivity contribution >= 4 is 9.30 Å². The summed E-state index contributed by atoms with van der Waals surface area (Å²) < 4.78 is 0. The van der Waals surface area contributed by atoms with E-state index in [1.165, 1.54) is 45.1 Å². The van der Waals surface area contributed by atoms with Gasteiger partial charge < -0.3 is 6.92 Å². The van der Waals surface area contributed by atoms with E-state index in [0.717, 1.165) is 5.92 Å². The van der Waals surface area contributed by atoms with Crippen molar-refractivity contribution in [2.75, 3.05) is 0 Å². The van der Waals surface area contributed by atoms with Crippen LogP contribution in [0.3, 0.4) is 0 Å². The summed E-state index contributed by atoms with van der Waals surface area (Å²) in [6.07, 6.45) is 25.6. The molecule has 3 aliphatic rings. The number of rotatable bonds is 0. The van der Waals surface area contributed by atoms with Crippen LogP contribution in [0.5, 0.6) is 0 Å². The van der Waals surface area contributed by atoms with Crippen molar-refractivity contribution in [3.63, 3.8) is 0 Å². The van der Waals surface area contributed by atoms with Crippen molar-refractivity contribution in [1.82, 2.24) is 0 Å². The van der Waals surface area contributed by atoms with E-state index in [4.69, 9.17) is 0 Å². The van der Waals surface area contributed by atoms with E-state index < -0.39 is 0 Å². The van der Waals surface area contributed by atoms with E-state index in [2.05, 4.69) is 16.2 Å². The van der Waals surface area contributed by atoms with Crippen LogP contribution in [0.25, 0.3) is 0 Å². The molecule has 0 aromatic heterocycles. The molecule has 2 heteroatoms. The second-order valence-electron chi connectivity index (χ2n) is 4.07. The molecule has 0 heterocycles. The summed E-state index contributed by atoms with van der Waals surface area (Å²) in [5, 5.41) is 0. The third-order valence-corrected chi connectivity index (χ3v) is 2.59. The first kappa shape index (κ1) is 19.0. The second kappa shape index (κ2) is 16.1. The standard InChI is InChI=1S/C6H11.2C5H5.ClH.Ti/c1-6-4-2-3-5-6;2*1-2-4-5-3-1;;/h6H,1-5H2;2*1-5H;1H;/q-1;;;;+2/p-1. The van der Waals surface area contributed by atoms with Crippen LogP contribution in [0.1, 0.15) is 25.7 Å². The van der Waals surface area contributed by atoms with Crippen molar-refractivity contribution in [2.24, 2.45) is 5.92 Å². The second-order valence-corrected chi connectivity index (χ2v) is 4.07. The third-order valence-electron chi connectivity index (χ3n) is 2.59. The summed E-state index contributed by atoms with van der Waals surface area (Å²) in [6, 6.07) is 0. The van der Waals surface area contributed by atoms with Crippen LogP contribution in [-0.2, 0) is 19.4 Å². The number of hydrogen-bond acceptors (Lipinski definition) is 0. The first-order chi connectivity index (χ1) is 8.89.